The molecular weight excluding hydrogens is 346 g/mol. The third-order valence-electron chi connectivity index (χ3n) is 3.31. The largest absolute Gasteiger partial charge is 0.338 e. The van der Waals surface area contributed by atoms with E-state index in [0.29, 0.717) is 6.04 Å². The monoisotopic (exact) mass is 367 g/mol. The lowest BCUT2D eigenvalue weighted by Crippen LogP contribution is -2.34. The fourth-order valence-corrected chi connectivity index (χ4v) is 3.73. The molecule has 114 valence electrons. The van der Waals surface area contributed by atoms with Gasteiger partial charge in [-0.1, -0.05) is 19.1 Å². The molecule has 5 heteroatoms. The highest BCUT2D eigenvalue weighted by Crippen LogP contribution is 2.27. The third kappa shape index (κ3) is 5.16. The van der Waals surface area contributed by atoms with E-state index < -0.39 is 0 Å². The maximum absolute atomic E-state index is 4.44. The normalized spacial score (nSPS) is 12.5. The van der Waals surface area contributed by atoms with Gasteiger partial charge < -0.3 is 9.88 Å². The van der Waals surface area contributed by atoms with E-state index in [-0.39, 0.29) is 0 Å². The van der Waals surface area contributed by atoms with Gasteiger partial charge in [-0.05, 0) is 41.0 Å². The van der Waals surface area contributed by atoms with Gasteiger partial charge in [0.1, 0.15) is 5.82 Å². The Morgan fingerprint density at radius 3 is 2.86 bits per heavy atom. The molecule has 0 saturated carbocycles. The highest BCUT2D eigenvalue weighted by Gasteiger charge is 2.13. The molecule has 0 aliphatic carbocycles. The number of imidazole rings is 1. The zero-order valence-electron chi connectivity index (χ0n) is 12.6. The van der Waals surface area contributed by atoms with E-state index in [1.54, 1.807) is 0 Å². The van der Waals surface area contributed by atoms with Crippen LogP contribution >= 0.6 is 27.7 Å². The zero-order valence-corrected chi connectivity index (χ0v) is 15.0. The van der Waals surface area contributed by atoms with Gasteiger partial charge in [-0.15, -0.1) is 11.8 Å². The minimum atomic E-state index is 0.433. The highest BCUT2D eigenvalue weighted by atomic mass is 79.9. The van der Waals surface area contributed by atoms with Crippen molar-refractivity contribution in [3.05, 3.63) is 47.0 Å². The lowest BCUT2D eigenvalue weighted by atomic mass is 10.2. The van der Waals surface area contributed by atoms with Gasteiger partial charge in [0.05, 0.1) is 0 Å². The molecule has 0 spiro atoms. The Morgan fingerprint density at radius 2 is 2.19 bits per heavy atom. The average Bonchev–Trinajstić information content (AvgIpc) is 2.88. The van der Waals surface area contributed by atoms with Crippen LogP contribution in [0.2, 0.25) is 0 Å². The molecule has 1 unspecified atom stereocenters. The van der Waals surface area contributed by atoms with Crippen LogP contribution in [0, 0.1) is 0 Å². The molecule has 0 bridgehead atoms. The Morgan fingerprint density at radius 1 is 1.38 bits per heavy atom. The Labute approximate surface area is 139 Å². The van der Waals surface area contributed by atoms with Crippen LogP contribution in [0.4, 0.5) is 0 Å². The second-order valence-corrected chi connectivity index (χ2v) is 6.97. The van der Waals surface area contributed by atoms with Gasteiger partial charge in [0.25, 0.3) is 0 Å². The number of hydrogen-bond acceptors (Lipinski definition) is 3. The molecule has 2 aromatic rings. The van der Waals surface area contributed by atoms with Crippen molar-refractivity contribution < 1.29 is 0 Å². The number of halogens is 1. The SMILES string of the molecule is CCCNC(CSc1ccccc1Br)Cc1nccn1C. The number of benzene rings is 1. The molecule has 1 aromatic carbocycles. The minimum absolute atomic E-state index is 0.433. The molecule has 21 heavy (non-hydrogen) atoms. The number of thioether (sulfide) groups is 1. The average molecular weight is 368 g/mol. The van der Waals surface area contributed by atoms with Crippen molar-refractivity contribution in [2.75, 3.05) is 12.3 Å². The van der Waals surface area contributed by atoms with E-state index in [9.17, 15) is 0 Å². The Bertz CT molecular complexity index is 556. The minimum Gasteiger partial charge on any atom is -0.338 e. The number of hydrogen-bond donors (Lipinski definition) is 1. The van der Waals surface area contributed by atoms with Gasteiger partial charge >= 0.3 is 0 Å². The van der Waals surface area contributed by atoms with Crippen LogP contribution in [0.1, 0.15) is 19.2 Å². The molecule has 1 heterocycles. The van der Waals surface area contributed by atoms with Gasteiger partial charge in [-0.25, -0.2) is 4.98 Å². The third-order valence-corrected chi connectivity index (χ3v) is 5.50. The van der Waals surface area contributed by atoms with Gasteiger partial charge in [-0.2, -0.15) is 0 Å². The summed E-state index contributed by atoms with van der Waals surface area (Å²) in [6.07, 6.45) is 5.98. The molecule has 2 rings (SSSR count). The molecule has 0 radical (unpaired) electrons. The summed E-state index contributed by atoms with van der Waals surface area (Å²) in [5, 5.41) is 3.64. The zero-order chi connectivity index (χ0) is 15.1. The van der Waals surface area contributed by atoms with Crippen LogP contribution in [0.25, 0.3) is 0 Å². The van der Waals surface area contributed by atoms with Crippen LogP contribution < -0.4 is 5.32 Å². The highest BCUT2D eigenvalue weighted by molar-refractivity contribution is 9.10. The lowest BCUT2D eigenvalue weighted by Gasteiger charge is -2.18. The van der Waals surface area contributed by atoms with Crippen molar-refractivity contribution >= 4 is 27.7 Å². The summed E-state index contributed by atoms with van der Waals surface area (Å²) >= 11 is 5.50. The Kier molecular flexibility index (Phi) is 6.80. The first-order chi connectivity index (χ1) is 10.2. The first-order valence-corrected chi connectivity index (χ1v) is 9.05. The van der Waals surface area contributed by atoms with Gasteiger partial charge in [-0.3, -0.25) is 0 Å². The molecule has 0 saturated heterocycles. The maximum Gasteiger partial charge on any atom is 0.109 e. The Hall–Kier alpha value is -0.780. The van der Waals surface area contributed by atoms with Gasteiger partial charge in [0.2, 0.25) is 0 Å². The second kappa shape index (κ2) is 8.61. The van der Waals surface area contributed by atoms with Crippen molar-refractivity contribution in [2.24, 2.45) is 7.05 Å². The van der Waals surface area contributed by atoms with Crippen molar-refractivity contribution in [1.29, 1.82) is 0 Å². The fraction of sp³-hybridized carbons (Fsp3) is 0.438. The predicted molar refractivity (Wildman–Crippen MR) is 93.9 cm³/mol. The fourth-order valence-electron chi connectivity index (χ4n) is 2.10. The molecule has 0 aliphatic heterocycles. The molecule has 0 fully saturated rings. The molecule has 1 atom stereocenters. The summed E-state index contributed by atoms with van der Waals surface area (Å²) in [6, 6.07) is 8.82. The number of aryl methyl sites for hydroxylation is 1. The first kappa shape index (κ1) is 16.6. The van der Waals surface area contributed by atoms with Crippen molar-refractivity contribution in [3.8, 4) is 0 Å². The van der Waals surface area contributed by atoms with Crippen molar-refractivity contribution in [1.82, 2.24) is 14.9 Å². The van der Waals surface area contributed by atoms with Crippen LogP contribution in [0.5, 0.6) is 0 Å². The second-order valence-electron chi connectivity index (χ2n) is 5.05. The number of nitrogens with one attached hydrogen (secondary N) is 1. The van der Waals surface area contributed by atoms with Crippen molar-refractivity contribution in [3.63, 3.8) is 0 Å². The molecule has 1 aromatic heterocycles. The van der Waals surface area contributed by atoms with Crippen LogP contribution in [0.15, 0.2) is 46.0 Å². The maximum atomic E-state index is 4.44. The summed E-state index contributed by atoms with van der Waals surface area (Å²) in [4.78, 5) is 5.73. The van der Waals surface area contributed by atoms with Gasteiger partial charge in [0.15, 0.2) is 0 Å². The quantitative estimate of drug-likeness (QED) is 0.717. The summed E-state index contributed by atoms with van der Waals surface area (Å²) < 4.78 is 3.27. The number of nitrogens with zero attached hydrogens (tertiary/aromatic N) is 2. The van der Waals surface area contributed by atoms with Crippen LogP contribution in [-0.4, -0.2) is 27.9 Å². The first-order valence-electron chi connectivity index (χ1n) is 7.27. The number of rotatable bonds is 8. The topological polar surface area (TPSA) is 29.9 Å². The van der Waals surface area contributed by atoms with E-state index >= 15 is 0 Å². The van der Waals surface area contributed by atoms with Crippen molar-refractivity contribution in [2.45, 2.75) is 30.7 Å². The van der Waals surface area contributed by atoms with Gasteiger partial charge in [0, 0.05) is 47.0 Å². The molecule has 0 aliphatic rings. The smallest absolute Gasteiger partial charge is 0.109 e. The summed E-state index contributed by atoms with van der Waals surface area (Å²) in [6.45, 7) is 3.25. The van der Waals surface area contributed by atoms with E-state index in [4.69, 9.17) is 0 Å². The molecule has 1 N–H and O–H groups in total. The van der Waals surface area contributed by atoms with E-state index in [0.717, 1.165) is 31.0 Å². The summed E-state index contributed by atoms with van der Waals surface area (Å²) in [7, 11) is 2.06. The Balaban J connectivity index is 1.96. The van der Waals surface area contributed by atoms with E-state index in [1.807, 2.05) is 24.2 Å². The van der Waals surface area contributed by atoms with Crippen LogP contribution in [-0.2, 0) is 13.5 Å². The van der Waals surface area contributed by atoms with Crippen LogP contribution in [0.3, 0.4) is 0 Å². The predicted octanol–water partition coefficient (Wildman–Crippen LogP) is 3.89. The number of aromatic nitrogens is 2. The molecule has 3 nitrogen and oxygen atoms in total. The van der Waals surface area contributed by atoms with E-state index in [1.165, 1.54) is 9.37 Å². The molecule has 0 amide bonds. The summed E-state index contributed by atoms with van der Waals surface area (Å²) in [5.74, 6) is 2.17. The molecular formula is C16H22BrN3S. The lowest BCUT2D eigenvalue weighted by molar-refractivity contribution is 0.532. The standard InChI is InChI=1S/C16H22BrN3S/c1-3-8-18-13(11-16-19-9-10-20(16)2)12-21-15-7-5-4-6-14(15)17/h4-7,9-10,13,18H,3,8,11-12H2,1-2H3. The van der Waals surface area contributed by atoms with E-state index in [2.05, 4.69) is 69.0 Å². The summed E-state index contributed by atoms with van der Waals surface area (Å²) in [5.41, 5.74) is 0.